The van der Waals surface area contributed by atoms with Crippen molar-refractivity contribution in [3.05, 3.63) is 0 Å². The number of rotatable bonds is 6. The molecule has 0 radical (unpaired) electrons. The zero-order valence-corrected chi connectivity index (χ0v) is 11.6. The van der Waals surface area contributed by atoms with Crippen molar-refractivity contribution in [1.82, 2.24) is 5.32 Å². The van der Waals surface area contributed by atoms with Crippen LogP contribution < -0.4 is 5.32 Å². The van der Waals surface area contributed by atoms with Crippen molar-refractivity contribution in [3.63, 3.8) is 0 Å². The highest BCUT2D eigenvalue weighted by Gasteiger charge is 2.21. The fraction of sp³-hybridized carbons (Fsp3) is 0.923. The monoisotopic (exact) mass is 229 g/mol. The van der Waals surface area contributed by atoms with E-state index in [2.05, 4.69) is 19.2 Å². The third kappa shape index (κ3) is 6.83. The van der Waals surface area contributed by atoms with Gasteiger partial charge in [0, 0.05) is 5.54 Å². The van der Waals surface area contributed by atoms with Crippen LogP contribution >= 0.6 is 0 Å². The number of esters is 1. The Morgan fingerprint density at radius 2 is 1.75 bits per heavy atom. The Morgan fingerprint density at radius 3 is 2.12 bits per heavy atom. The van der Waals surface area contributed by atoms with Gasteiger partial charge in [-0.25, -0.2) is 0 Å². The first kappa shape index (κ1) is 15.4. The number of hydrogen-bond acceptors (Lipinski definition) is 3. The quantitative estimate of drug-likeness (QED) is 0.712. The van der Waals surface area contributed by atoms with Crippen molar-refractivity contribution in [2.45, 2.75) is 66.0 Å². The highest BCUT2D eigenvalue weighted by Crippen LogP contribution is 2.09. The van der Waals surface area contributed by atoms with Gasteiger partial charge in [-0.3, -0.25) is 10.1 Å². The van der Waals surface area contributed by atoms with Gasteiger partial charge in [0.2, 0.25) is 0 Å². The summed E-state index contributed by atoms with van der Waals surface area (Å²) in [5, 5.41) is 3.20. The van der Waals surface area contributed by atoms with Crippen LogP contribution in [0.1, 0.15) is 54.4 Å². The van der Waals surface area contributed by atoms with Crippen LogP contribution in [0.3, 0.4) is 0 Å². The van der Waals surface area contributed by atoms with Gasteiger partial charge in [0.15, 0.2) is 0 Å². The minimum atomic E-state index is -0.241. The molecule has 0 unspecified atom stereocenters. The SMILES string of the molecule is CCC(CC)COC(=O)[C@H](C)NC(C)(C)C. The average molecular weight is 229 g/mol. The molecule has 1 N–H and O–H groups in total. The van der Waals surface area contributed by atoms with Crippen LogP contribution in [0.4, 0.5) is 0 Å². The summed E-state index contributed by atoms with van der Waals surface area (Å²) in [6.07, 6.45) is 2.12. The maximum Gasteiger partial charge on any atom is 0.322 e. The second-order valence-corrected chi connectivity index (χ2v) is 5.43. The van der Waals surface area contributed by atoms with Gasteiger partial charge < -0.3 is 4.74 Å². The van der Waals surface area contributed by atoms with Crippen LogP contribution in [0.15, 0.2) is 0 Å². The Kier molecular flexibility index (Phi) is 6.65. The van der Waals surface area contributed by atoms with Crippen molar-refractivity contribution in [3.8, 4) is 0 Å². The summed E-state index contributed by atoms with van der Waals surface area (Å²) in [4.78, 5) is 11.7. The third-order valence-corrected chi connectivity index (χ3v) is 2.62. The molecule has 0 aliphatic rings. The summed E-state index contributed by atoms with van der Waals surface area (Å²) in [5.74, 6) is 0.340. The molecular weight excluding hydrogens is 202 g/mol. The third-order valence-electron chi connectivity index (χ3n) is 2.62. The Bertz CT molecular complexity index is 204. The van der Waals surface area contributed by atoms with E-state index in [0.717, 1.165) is 12.8 Å². The Balaban J connectivity index is 3.97. The van der Waals surface area contributed by atoms with E-state index in [4.69, 9.17) is 4.74 Å². The highest BCUT2D eigenvalue weighted by molar-refractivity contribution is 5.75. The number of nitrogens with one attached hydrogen (secondary N) is 1. The van der Waals surface area contributed by atoms with Crippen LogP contribution in [0.25, 0.3) is 0 Å². The summed E-state index contributed by atoms with van der Waals surface area (Å²) in [6.45, 7) is 12.8. The van der Waals surface area contributed by atoms with Crippen LogP contribution in [-0.4, -0.2) is 24.2 Å². The number of ether oxygens (including phenoxy) is 1. The lowest BCUT2D eigenvalue weighted by Crippen LogP contribution is -2.46. The molecule has 0 amide bonds. The Labute approximate surface area is 99.9 Å². The summed E-state index contributed by atoms with van der Waals surface area (Å²) in [7, 11) is 0. The maximum atomic E-state index is 11.7. The number of hydrogen-bond donors (Lipinski definition) is 1. The molecular formula is C13H27NO2. The van der Waals surface area contributed by atoms with Crippen LogP contribution in [-0.2, 0) is 9.53 Å². The molecule has 3 nitrogen and oxygen atoms in total. The van der Waals surface area contributed by atoms with E-state index < -0.39 is 0 Å². The minimum Gasteiger partial charge on any atom is -0.464 e. The minimum absolute atomic E-state index is 0.0622. The predicted molar refractivity (Wildman–Crippen MR) is 67.4 cm³/mol. The second kappa shape index (κ2) is 6.89. The molecule has 0 fully saturated rings. The molecule has 0 heterocycles. The summed E-state index contributed by atoms with van der Waals surface area (Å²) in [6, 6.07) is -0.241. The normalized spacial score (nSPS) is 13.9. The highest BCUT2D eigenvalue weighted by atomic mass is 16.5. The number of carbonyl (C=O) groups is 1. The first-order valence-electron chi connectivity index (χ1n) is 6.24. The van der Waals surface area contributed by atoms with E-state index >= 15 is 0 Å². The van der Waals surface area contributed by atoms with Gasteiger partial charge in [-0.2, -0.15) is 0 Å². The summed E-state index contributed by atoms with van der Waals surface area (Å²) in [5.41, 5.74) is -0.0622. The molecule has 0 rings (SSSR count). The van der Waals surface area contributed by atoms with Crippen molar-refractivity contribution < 1.29 is 9.53 Å². The maximum absolute atomic E-state index is 11.7. The first-order chi connectivity index (χ1) is 7.30. The Morgan fingerprint density at radius 1 is 1.25 bits per heavy atom. The molecule has 1 atom stereocenters. The molecule has 0 aliphatic carbocycles. The lowest BCUT2D eigenvalue weighted by molar-refractivity contribution is -0.147. The molecule has 96 valence electrons. The van der Waals surface area contributed by atoms with Gasteiger partial charge in [-0.05, 0) is 33.6 Å². The summed E-state index contributed by atoms with van der Waals surface area (Å²) >= 11 is 0. The molecule has 0 aromatic carbocycles. The van der Waals surface area contributed by atoms with E-state index in [-0.39, 0.29) is 17.6 Å². The van der Waals surface area contributed by atoms with Crippen molar-refractivity contribution in [1.29, 1.82) is 0 Å². The van der Waals surface area contributed by atoms with Crippen LogP contribution in [0.2, 0.25) is 0 Å². The smallest absolute Gasteiger partial charge is 0.322 e. The van der Waals surface area contributed by atoms with Gasteiger partial charge in [0.05, 0.1) is 6.61 Å². The first-order valence-corrected chi connectivity index (χ1v) is 6.24. The lowest BCUT2D eigenvalue weighted by Gasteiger charge is -2.25. The van der Waals surface area contributed by atoms with Crippen LogP contribution in [0, 0.1) is 5.92 Å². The fourth-order valence-corrected chi connectivity index (χ4v) is 1.56. The van der Waals surface area contributed by atoms with E-state index in [1.807, 2.05) is 27.7 Å². The van der Waals surface area contributed by atoms with Crippen molar-refractivity contribution >= 4 is 5.97 Å². The molecule has 0 spiro atoms. The molecule has 16 heavy (non-hydrogen) atoms. The molecule has 0 aromatic rings. The predicted octanol–water partition coefficient (Wildman–Crippen LogP) is 2.74. The molecule has 0 bridgehead atoms. The van der Waals surface area contributed by atoms with Gasteiger partial charge in [-0.15, -0.1) is 0 Å². The topological polar surface area (TPSA) is 38.3 Å². The average Bonchev–Trinajstić information content (AvgIpc) is 2.16. The van der Waals surface area contributed by atoms with E-state index in [9.17, 15) is 4.79 Å². The Hall–Kier alpha value is -0.570. The lowest BCUT2D eigenvalue weighted by atomic mass is 10.1. The number of carbonyl (C=O) groups excluding carboxylic acids is 1. The molecule has 0 aromatic heterocycles. The molecule has 3 heteroatoms. The summed E-state index contributed by atoms with van der Waals surface area (Å²) < 4.78 is 5.29. The standard InChI is InChI=1S/C13H27NO2/c1-7-11(8-2)9-16-12(15)10(3)14-13(4,5)6/h10-11,14H,7-9H2,1-6H3/t10-/m0/s1. The molecule has 0 saturated carbocycles. The van der Waals surface area contributed by atoms with Crippen LogP contribution in [0.5, 0.6) is 0 Å². The second-order valence-electron chi connectivity index (χ2n) is 5.43. The van der Waals surface area contributed by atoms with E-state index in [1.54, 1.807) is 0 Å². The zero-order valence-electron chi connectivity index (χ0n) is 11.6. The van der Waals surface area contributed by atoms with Gasteiger partial charge in [0.25, 0.3) is 0 Å². The van der Waals surface area contributed by atoms with Gasteiger partial charge >= 0.3 is 5.97 Å². The van der Waals surface area contributed by atoms with Crippen molar-refractivity contribution in [2.75, 3.05) is 6.61 Å². The molecule has 0 saturated heterocycles. The van der Waals surface area contributed by atoms with Gasteiger partial charge in [0.1, 0.15) is 6.04 Å². The van der Waals surface area contributed by atoms with E-state index in [1.165, 1.54) is 0 Å². The molecule has 0 aliphatic heterocycles. The van der Waals surface area contributed by atoms with Gasteiger partial charge in [-0.1, -0.05) is 26.7 Å². The fourth-order valence-electron chi connectivity index (χ4n) is 1.56. The zero-order chi connectivity index (χ0) is 12.8. The largest absolute Gasteiger partial charge is 0.464 e. The van der Waals surface area contributed by atoms with Crippen molar-refractivity contribution in [2.24, 2.45) is 5.92 Å². The van der Waals surface area contributed by atoms with E-state index in [0.29, 0.717) is 12.5 Å².